The van der Waals surface area contributed by atoms with Crippen molar-refractivity contribution in [3.05, 3.63) is 28.8 Å². The van der Waals surface area contributed by atoms with Crippen LogP contribution in [0.2, 0.25) is 5.02 Å². The van der Waals surface area contributed by atoms with Crippen LogP contribution in [-0.2, 0) is 6.18 Å². The van der Waals surface area contributed by atoms with Crippen molar-refractivity contribution in [3.63, 3.8) is 0 Å². The number of alkyl halides is 3. The molecule has 0 radical (unpaired) electrons. The highest BCUT2D eigenvalue weighted by molar-refractivity contribution is 6.30. The van der Waals surface area contributed by atoms with E-state index in [-0.39, 0.29) is 22.8 Å². The van der Waals surface area contributed by atoms with Crippen LogP contribution in [0.3, 0.4) is 0 Å². The van der Waals surface area contributed by atoms with Gasteiger partial charge in [0.05, 0.1) is 5.56 Å². The molecule has 100 valence electrons. The molecule has 2 unspecified atom stereocenters. The molecule has 0 spiro atoms. The van der Waals surface area contributed by atoms with Crippen molar-refractivity contribution in [1.29, 1.82) is 0 Å². The Morgan fingerprint density at radius 3 is 2.56 bits per heavy atom. The van der Waals surface area contributed by atoms with Gasteiger partial charge < -0.3 is 11.1 Å². The summed E-state index contributed by atoms with van der Waals surface area (Å²) in [7, 11) is 0. The van der Waals surface area contributed by atoms with Crippen LogP contribution < -0.4 is 11.1 Å². The Bertz CT molecular complexity index is 434. The van der Waals surface area contributed by atoms with Crippen LogP contribution in [-0.4, -0.2) is 12.1 Å². The molecule has 18 heavy (non-hydrogen) atoms. The van der Waals surface area contributed by atoms with Gasteiger partial charge >= 0.3 is 6.18 Å². The first-order valence-corrected chi connectivity index (χ1v) is 6.13. The van der Waals surface area contributed by atoms with Gasteiger partial charge in [0.15, 0.2) is 0 Å². The van der Waals surface area contributed by atoms with Gasteiger partial charge in [0.1, 0.15) is 0 Å². The van der Waals surface area contributed by atoms with E-state index in [1.807, 2.05) is 0 Å². The lowest BCUT2D eigenvalue weighted by molar-refractivity contribution is -0.137. The maximum Gasteiger partial charge on any atom is 0.418 e. The lowest BCUT2D eigenvalue weighted by Gasteiger charge is -2.19. The Morgan fingerprint density at radius 1 is 1.28 bits per heavy atom. The number of halogens is 4. The lowest BCUT2D eigenvalue weighted by atomic mass is 10.1. The quantitative estimate of drug-likeness (QED) is 0.866. The molecule has 1 aliphatic rings. The maximum atomic E-state index is 12.9. The van der Waals surface area contributed by atoms with Crippen molar-refractivity contribution >= 4 is 17.3 Å². The predicted molar refractivity (Wildman–Crippen MR) is 65.7 cm³/mol. The van der Waals surface area contributed by atoms with E-state index in [1.165, 1.54) is 12.1 Å². The molecule has 1 aliphatic carbocycles. The third-order valence-electron chi connectivity index (χ3n) is 3.12. The van der Waals surface area contributed by atoms with Crippen molar-refractivity contribution in [2.24, 2.45) is 5.73 Å². The number of nitrogens with one attached hydrogen (secondary N) is 1. The topological polar surface area (TPSA) is 38.0 Å². The molecule has 0 saturated heterocycles. The van der Waals surface area contributed by atoms with Crippen molar-refractivity contribution in [2.75, 3.05) is 5.32 Å². The monoisotopic (exact) mass is 278 g/mol. The van der Waals surface area contributed by atoms with E-state index < -0.39 is 11.7 Å². The molecular weight excluding hydrogens is 265 g/mol. The highest BCUT2D eigenvalue weighted by Crippen LogP contribution is 2.37. The molecular formula is C12H14ClF3N2. The smallest absolute Gasteiger partial charge is 0.382 e. The van der Waals surface area contributed by atoms with Gasteiger partial charge in [-0.3, -0.25) is 0 Å². The molecule has 0 aromatic heterocycles. The summed E-state index contributed by atoms with van der Waals surface area (Å²) in [5.41, 5.74) is 5.09. The highest BCUT2D eigenvalue weighted by Gasteiger charge is 2.34. The van der Waals surface area contributed by atoms with Gasteiger partial charge in [0.2, 0.25) is 0 Å². The normalized spacial score (nSPS) is 24.3. The third kappa shape index (κ3) is 3.09. The number of hydrogen-bond donors (Lipinski definition) is 2. The highest BCUT2D eigenvalue weighted by atomic mass is 35.5. The first-order chi connectivity index (χ1) is 8.36. The summed E-state index contributed by atoms with van der Waals surface area (Å²) >= 11 is 5.61. The van der Waals surface area contributed by atoms with Crippen LogP contribution >= 0.6 is 11.6 Å². The fourth-order valence-corrected chi connectivity index (χ4v) is 2.42. The minimum Gasteiger partial charge on any atom is -0.382 e. The minimum absolute atomic E-state index is 0.00211. The molecule has 2 nitrogen and oxygen atoms in total. The second-order valence-electron chi connectivity index (χ2n) is 4.60. The number of rotatable bonds is 2. The van der Waals surface area contributed by atoms with Gasteiger partial charge in [-0.2, -0.15) is 13.2 Å². The molecule has 0 aliphatic heterocycles. The van der Waals surface area contributed by atoms with E-state index in [4.69, 9.17) is 17.3 Å². The number of benzene rings is 1. The molecule has 0 bridgehead atoms. The van der Waals surface area contributed by atoms with E-state index in [2.05, 4.69) is 5.32 Å². The second kappa shape index (κ2) is 4.97. The summed E-state index contributed by atoms with van der Waals surface area (Å²) in [5.74, 6) is 0. The van der Waals surface area contributed by atoms with Crippen molar-refractivity contribution in [3.8, 4) is 0 Å². The van der Waals surface area contributed by atoms with Crippen LogP contribution in [0.25, 0.3) is 0 Å². The zero-order valence-corrected chi connectivity index (χ0v) is 10.4. The zero-order chi connectivity index (χ0) is 13.3. The Hall–Kier alpha value is -0.940. The third-order valence-corrected chi connectivity index (χ3v) is 3.35. The van der Waals surface area contributed by atoms with Crippen LogP contribution in [0.15, 0.2) is 18.2 Å². The van der Waals surface area contributed by atoms with E-state index >= 15 is 0 Å². The summed E-state index contributed by atoms with van der Waals surface area (Å²) in [4.78, 5) is 0. The zero-order valence-electron chi connectivity index (χ0n) is 9.60. The first-order valence-electron chi connectivity index (χ1n) is 5.75. The van der Waals surface area contributed by atoms with Crippen LogP contribution in [0.1, 0.15) is 24.8 Å². The molecule has 1 aromatic rings. The molecule has 1 saturated carbocycles. The number of hydrogen-bond acceptors (Lipinski definition) is 2. The molecule has 2 atom stereocenters. The molecule has 0 heterocycles. The van der Waals surface area contributed by atoms with Gasteiger partial charge in [0, 0.05) is 22.8 Å². The summed E-state index contributed by atoms with van der Waals surface area (Å²) < 4.78 is 38.6. The SMILES string of the molecule is NC1CCC(Nc2ccc(Cl)cc2C(F)(F)F)C1. The van der Waals surface area contributed by atoms with E-state index in [0.717, 1.165) is 18.9 Å². The standard InChI is InChI=1S/C12H14ClF3N2/c13-7-1-4-11(10(5-7)12(14,15)16)18-9-3-2-8(17)6-9/h1,4-5,8-9,18H,2-3,6,17H2. The Labute approximate surface area is 108 Å². The number of anilines is 1. The molecule has 0 amide bonds. The summed E-state index contributed by atoms with van der Waals surface area (Å²) in [6, 6.07) is 3.84. The largest absolute Gasteiger partial charge is 0.418 e. The van der Waals surface area contributed by atoms with Crippen LogP contribution in [0, 0.1) is 0 Å². The van der Waals surface area contributed by atoms with Gasteiger partial charge in [-0.1, -0.05) is 11.6 Å². The molecule has 2 rings (SSSR count). The van der Waals surface area contributed by atoms with Gasteiger partial charge in [-0.05, 0) is 37.5 Å². The average Bonchev–Trinajstić information content (AvgIpc) is 2.65. The van der Waals surface area contributed by atoms with Crippen LogP contribution in [0.4, 0.5) is 18.9 Å². The lowest BCUT2D eigenvalue weighted by Crippen LogP contribution is -2.22. The molecule has 3 N–H and O–H groups in total. The van der Waals surface area contributed by atoms with Crippen molar-refractivity contribution in [2.45, 2.75) is 37.5 Å². The summed E-state index contributed by atoms with van der Waals surface area (Å²) in [5, 5.41) is 2.99. The fourth-order valence-electron chi connectivity index (χ4n) is 2.24. The molecule has 1 fully saturated rings. The average molecular weight is 279 g/mol. The van der Waals surface area contributed by atoms with E-state index in [1.54, 1.807) is 0 Å². The Balaban J connectivity index is 2.22. The maximum absolute atomic E-state index is 12.9. The Morgan fingerprint density at radius 2 is 2.00 bits per heavy atom. The number of nitrogens with two attached hydrogens (primary N) is 1. The van der Waals surface area contributed by atoms with E-state index in [0.29, 0.717) is 6.42 Å². The van der Waals surface area contributed by atoms with E-state index in [9.17, 15) is 13.2 Å². The summed E-state index contributed by atoms with van der Waals surface area (Å²) in [6.07, 6.45) is -2.08. The van der Waals surface area contributed by atoms with Gasteiger partial charge in [0.25, 0.3) is 0 Å². The minimum atomic E-state index is -4.41. The Kier molecular flexibility index (Phi) is 3.73. The van der Waals surface area contributed by atoms with Gasteiger partial charge in [-0.25, -0.2) is 0 Å². The second-order valence-corrected chi connectivity index (χ2v) is 5.04. The van der Waals surface area contributed by atoms with Crippen molar-refractivity contribution < 1.29 is 13.2 Å². The molecule has 6 heteroatoms. The summed E-state index contributed by atoms with van der Waals surface area (Å²) in [6.45, 7) is 0. The molecule has 1 aromatic carbocycles. The van der Waals surface area contributed by atoms with Crippen LogP contribution in [0.5, 0.6) is 0 Å². The first kappa shape index (κ1) is 13.5. The fraction of sp³-hybridized carbons (Fsp3) is 0.500. The van der Waals surface area contributed by atoms with Gasteiger partial charge in [-0.15, -0.1) is 0 Å². The predicted octanol–water partition coefficient (Wildman–Crippen LogP) is 3.65. The van der Waals surface area contributed by atoms with Crippen molar-refractivity contribution in [1.82, 2.24) is 0 Å².